The molecule has 7 heteroatoms. The first-order chi connectivity index (χ1) is 10.5. The van der Waals surface area contributed by atoms with Crippen LogP contribution in [0.3, 0.4) is 0 Å². The average molecular weight is 307 g/mol. The lowest BCUT2D eigenvalue weighted by molar-refractivity contribution is -0.384. The van der Waals surface area contributed by atoms with Gasteiger partial charge >= 0.3 is 0 Å². The van der Waals surface area contributed by atoms with E-state index in [1.54, 1.807) is 0 Å². The van der Waals surface area contributed by atoms with Gasteiger partial charge < -0.3 is 15.7 Å². The number of aliphatic hydroxyl groups is 1. The van der Waals surface area contributed by atoms with Gasteiger partial charge in [-0.1, -0.05) is 12.8 Å². The number of hydrogen-bond acceptors (Lipinski definition) is 5. The van der Waals surface area contributed by atoms with Gasteiger partial charge in [0.2, 0.25) is 0 Å². The zero-order chi connectivity index (χ0) is 16.1. The van der Waals surface area contributed by atoms with E-state index in [-0.39, 0.29) is 17.2 Å². The van der Waals surface area contributed by atoms with Crippen LogP contribution in [0.2, 0.25) is 0 Å². The number of anilines is 1. The molecule has 3 N–H and O–H groups in total. The van der Waals surface area contributed by atoms with Gasteiger partial charge in [0.25, 0.3) is 11.6 Å². The van der Waals surface area contributed by atoms with Gasteiger partial charge in [-0.2, -0.15) is 0 Å². The Hall–Kier alpha value is -2.15. The zero-order valence-corrected chi connectivity index (χ0v) is 12.5. The van der Waals surface area contributed by atoms with Gasteiger partial charge in [-0.15, -0.1) is 0 Å². The summed E-state index contributed by atoms with van der Waals surface area (Å²) in [6, 6.07) is 4.09. The van der Waals surface area contributed by atoms with Gasteiger partial charge in [-0.25, -0.2) is 0 Å². The lowest BCUT2D eigenvalue weighted by Crippen LogP contribution is -2.28. The maximum absolute atomic E-state index is 11.9. The summed E-state index contributed by atoms with van der Waals surface area (Å²) in [5.74, 6) is -0.115. The minimum absolute atomic E-state index is 0.138. The van der Waals surface area contributed by atoms with Gasteiger partial charge in [0.05, 0.1) is 16.6 Å². The minimum atomic E-state index is -0.538. The predicted molar refractivity (Wildman–Crippen MR) is 82.9 cm³/mol. The maximum Gasteiger partial charge on any atom is 0.270 e. The third-order valence-electron chi connectivity index (χ3n) is 4.13. The van der Waals surface area contributed by atoms with E-state index in [4.69, 9.17) is 0 Å². The predicted octanol–water partition coefficient (Wildman–Crippen LogP) is 1.92. The molecule has 1 aromatic rings. The number of nitrogens with one attached hydrogen (secondary N) is 2. The van der Waals surface area contributed by atoms with Crippen molar-refractivity contribution in [2.24, 2.45) is 5.92 Å². The molecule has 1 saturated carbocycles. The number of carbonyl (C=O) groups is 1. The van der Waals surface area contributed by atoms with E-state index in [0.717, 1.165) is 25.7 Å². The second-order valence-electron chi connectivity index (χ2n) is 5.56. The van der Waals surface area contributed by atoms with Crippen molar-refractivity contribution in [2.75, 3.05) is 18.9 Å². The topological polar surface area (TPSA) is 104 Å². The molecule has 0 heterocycles. The number of non-ortho nitro benzene ring substituents is 1. The first kappa shape index (κ1) is 16.2. The Morgan fingerprint density at radius 3 is 2.73 bits per heavy atom. The van der Waals surface area contributed by atoms with E-state index in [1.807, 2.05) is 0 Å². The summed E-state index contributed by atoms with van der Waals surface area (Å²) in [5.41, 5.74) is 0.554. The molecule has 0 aromatic heterocycles. The van der Waals surface area contributed by atoms with Gasteiger partial charge in [-0.05, 0) is 24.8 Å². The molecule has 1 fully saturated rings. The van der Waals surface area contributed by atoms with E-state index in [9.17, 15) is 20.0 Å². The van der Waals surface area contributed by atoms with Crippen molar-refractivity contribution in [1.82, 2.24) is 5.32 Å². The Kier molecular flexibility index (Phi) is 5.32. The normalized spacial score (nSPS) is 16.3. The Balaban J connectivity index is 2.11. The summed E-state index contributed by atoms with van der Waals surface area (Å²) in [5, 5.41) is 26.5. The Morgan fingerprint density at radius 2 is 2.14 bits per heavy atom. The summed E-state index contributed by atoms with van der Waals surface area (Å²) in [6.07, 6.45) is 3.85. The third kappa shape index (κ3) is 3.73. The number of benzene rings is 1. The first-order valence-corrected chi connectivity index (χ1v) is 7.45. The van der Waals surface area contributed by atoms with Crippen LogP contribution in [0.5, 0.6) is 0 Å². The second-order valence-corrected chi connectivity index (χ2v) is 5.56. The number of nitrogens with zero attached hydrogens (tertiary/aromatic N) is 1. The van der Waals surface area contributed by atoms with Crippen molar-refractivity contribution in [3.05, 3.63) is 33.9 Å². The largest absolute Gasteiger partial charge is 0.391 e. The number of carbonyl (C=O) groups excluding carboxylic acids is 1. The quantitative estimate of drug-likeness (QED) is 0.550. The number of amides is 1. The SMILES string of the molecule is CNC(=O)c1cc([N+](=O)[O-])ccc1NCC(O)C1CCCC1. The highest BCUT2D eigenvalue weighted by Gasteiger charge is 2.23. The molecule has 1 aliphatic rings. The lowest BCUT2D eigenvalue weighted by atomic mass is 10.0. The molecule has 1 aromatic carbocycles. The van der Waals surface area contributed by atoms with E-state index < -0.39 is 16.9 Å². The van der Waals surface area contributed by atoms with Gasteiger partial charge in [0.1, 0.15) is 0 Å². The summed E-state index contributed by atoms with van der Waals surface area (Å²) in [7, 11) is 1.47. The van der Waals surface area contributed by atoms with Crippen LogP contribution in [0.25, 0.3) is 0 Å². The van der Waals surface area contributed by atoms with Crippen LogP contribution in [0.15, 0.2) is 18.2 Å². The van der Waals surface area contributed by atoms with Crippen molar-refractivity contribution < 1.29 is 14.8 Å². The molecule has 0 bridgehead atoms. The standard InChI is InChI=1S/C15H21N3O4/c1-16-15(20)12-8-11(18(21)22)6-7-13(12)17-9-14(19)10-4-2-3-5-10/h6-8,10,14,17,19H,2-5,9H2,1H3,(H,16,20). The molecule has 0 aliphatic heterocycles. The number of hydrogen-bond donors (Lipinski definition) is 3. The summed E-state index contributed by atoms with van der Waals surface area (Å²) >= 11 is 0. The van der Waals surface area contributed by atoms with Crippen molar-refractivity contribution >= 4 is 17.3 Å². The lowest BCUT2D eigenvalue weighted by Gasteiger charge is -2.19. The first-order valence-electron chi connectivity index (χ1n) is 7.45. The van der Waals surface area contributed by atoms with Crippen LogP contribution in [-0.4, -0.2) is 35.6 Å². The summed E-state index contributed by atoms with van der Waals surface area (Å²) < 4.78 is 0. The number of nitro benzene ring substituents is 1. The van der Waals surface area contributed by atoms with Crippen LogP contribution < -0.4 is 10.6 Å². The molecule has 1 atom stereocenters. The highest BCUT2D eigenvalue weighted by Crippen LogP contribution is 2.28. The number of nitro groups is 1. The Morgan fingerprint density at radius 1 is 1.45 bits per heavy atom. The zero-order valence-electron chi connectivity index (χ0n) is 12.5. The molecule has 7 nitrogen and oxygen atoms in total. The van der Waals surface area contributed by atoms with E-state index in [2.05, 4.69) is 10.6 Å². The highest BCUT2D eigenvalue weighted by atomic mass is 16.6. The molecule has 1 amide bonds. The summed E-state index contributed by atoms with van der Waals surface area (Å²) in [4.78, 5) is 22.2. The molecular weight excluding hydrogens is 286 g/mol. The van der Waals surface area contributed by atoms with Gasteiger partial charge in [0.15, 0.2) is 0 Å². The smallest absolute Gasteiger partial charge is 0.270 e. The number of rotatable bonds is 6. The Labute approximate surface area is 128 Å². The molecule has 1 aliphatic carbocycles. The number of aliphatic hydroxyl groups excluding tert-OH is 1. The van der Waals surface area contributed by atoms with Crippen LogP contribution in [0, 0.1) is 16.0 Å². The fourth-order valence-corrected chi connectivity index (χ4v) is 2.85. The summed E-state index contributed by atoms with van der Waals surface area (Å²) in [6.45, 7) is 0.326. The minimum Gasteiger partial charge on any atom is -0.391 e. The van der Waals surface area contributed by atoms with E-state index in [0.29, 0.717) is 12.2 Å². The molecule has 0 radical (unpaired) electrons. The van der Waals surface area contributed by atoms with E-state index >= 15 is 0 Å². The molecule has 0 saturated heterocycles. The fourth-order valence-electron chi connectivity index (χ4n) is 2.85. The molecular formula is C15H21N3O4. The fraction of sp³-hybridized carbons (Fsp3) is 0.533. The van der Waals surface area contributed by atoms with Crippen molar-refractivity contribution in [3.8, 4) is 0 Å². The van der Waals surface area contributed by atoms with E-state index in [1.165, 1.54) is 25.2 Å². The van der Waals surface area contributed by atoms with Gasteiger partial charge in [-0.3, -0.25) is 14.9 Å². The van der Waals surface area contributed by atoms with Crippen LogP contribution in [0.1, 0.15) is 36.0 Å². The van der Waals surface area contributed by atoms with Crippen molar-refractivity contribution in [2.45, 2.75) is 31.8 Å². The molecule has 22 heavy (non-hydrogen) atoms. The second kappa shape index (κ2) is 7.22. The molecule has 120 valence electrons. The van der Waals surface area contributed by atoms with Crippen LogP contribution in [-0.2, 0) is 0 Å². The Bertz CT molecular complexity index is 556. The van der Waals surface area contributed by atoms with Crippen LogP contribution in [0.4, 0.5) is 11.4 Å². The monoisotopic (exact) mass is 307 g/mol. The average Bonchev–Trinajstić information content (AvgIpc) is 3.06. The van der Waals surface area contributed by atoms with Crippen molar-refractivity contribution in [1.29, 1.82) is 0 Å². The molecule has 2 rings (SSSR count). The third-order valence-corrected chi connectivity index (χ3v) is 4.13. The molecule has 1 unspecified atom stereocenters. The van der Waals surface area contributed by atoms with Gasteiger partial charge in [0, 0.05) is 31.4 Å². The molecule has 0 spiro atoms. The maximum atomic E-state index is 11.9. The van der Waals surface area contributed by atoms with Crippen molar-refractivity contribution in [3.63, 3.8) is 0 Å². The highest BCUT2D eigenvalue weighted by molar-refractivity contribution is 6.00. The van der Waals surface area contributed by atoms with Crippen LogP contribution >= 0.6 is 0 Å².